The third-order valence-electron chi connectivity index (χ3n) is 4.24. The van der Waals surface area contributed by atoms with Crippen LogP contribution in [0.15, 0.2) is 12.4 Å². The average molecular weight is 248 g/mol. The molecular weight excluding hydrogens is 228 g/mol. The lowest BCUT2D eigenvalue weighted by atomic mass is 9.88. The summed E-state index contributed by atoms with van der Waals surface area (Å²) >= 11 is 0. The minimum Gasteiger partial charge on any atom is -0.340 e. The van der Waals surface area contributed by atoms with Gasteiger partial charge in [-0.05, 0) is 19.3 Å². The van der Waals surface area contributed by atoms with E-state index in [2.05, 4.69) is 10.3 Å². The molecule has 2 fully saturated rings. The molecule has 18 heavy (non-hydrogen) atoms. The molecule has 0 bridgehead atoms. The first-order valence-electron chi connectivity index (χ1n) is 6.99. The molecule has 0 aromatic carbocycles. The number of rotatable bonds is 2. The van der Waals surface area contributed by atoms with Crippen molar-refractivity contribution in [3.05, 3.63) is 12.4 Å². The van der Waals surface area contributed by atoms with Crippen molar-refractivity contribution in [1.29, 1.82) is 0 Å². The zero-order valence-electron chi connectivity index (χ0n) is 10.7. The van der Waals surface area contributed by atoms with Gasteiger partial charge < -0.3 is 4.90 Å². The largest absolute Gasteiger partial charge is 0.340 e. The zero-order valence-corrected chi connectivity index (χ0v) is 10.7. The highest BCUT2D eigenvalue weighted by Crippen LogP contribution is 2.28. The lowest BCUT2D eigenvalue weighted by Crippen LogP contribution is -2.35. The number of amides is 1. The predicted octanol–water partition coefficient (Wildman–Crippen LogP) is 1.63. The van der Waals surface area contributed by atoms with Crippen molar-refractivity contribution in [1.82, 2.24) is 19.9 Å². The quantitative estimate of drug-likeness (QED) is 0.799. The second-order valence-electron chi connectivity index (χ2n) is 5.44. The van der Waals surface area contributed by atoms with E-state index in [1.807, 2.05) is 15.8 Å². The first kappa shape index (κ1) is 11.7. The van der Waals surface area contributed by atoms with Gasteiger partial charge in [0.1, 0.15) is 0 Å². The number of carbonyl (C=O) groups is 1. The molecule has 1 saturated heterocycles. The monoisotopic (exact) mass is 248 g/mol. The molecule has 1 unspecified atom stereocenters. The smallest absolute Gasteiger partial charge is 0.225 e. The van der Waals surface area contributed by atoms with Crippen LogP contribution in [0.3, 0.4) is 0 Å². The van der Waals surface area contributed by atoms with Crippen LogP contribution in [0.5, 0.6) is 0 Å². The maximum atomic E-state index is 12.4. The van der Waals surface area contributed by atoms with Gasteiger partial charge in [0.05, 0.1) is 12.2 Å². The molecule has 1 saturated carbocycles. The van der Waals surface area contributed by atoms with E-state index in [1.165, 1.54) is 19.3 Å². The van der Waals surface area contributed by atoms with E-state index in [0.29, 0.717) is 11.9 Å². The van der Waals surface area contributed by atoms with Crippen LogP contribution >= 0.6 is 0 Å². The molecule has 0 spiro atoms. The highest BCUT2D eigenvalue weighted by molar-refractivity contribution is 5.79. The Morgan fingerprint density at radius 3 is 2.72 bits per heavy atom. The molecule has 1 amide bonds. The van der Waals surface area contributed by atoms with Gasteiger partial charge in [-0.25, -0.2) is 4.68 Å². The molecule has 5 heteroatoms. The lowest BCUT2D eigenvalue weighted by molar-refractivity contribution is -0.135. The standard InChI is InChI=1S/C13H20N4O/c18-13(11-4-2-1-3-5-11)16-8-6-12(10-16)17-9-7-14-15-17/h7,9,11-12H,1-6,8,10H2. The topological polar surface area (TPSA) is 51.0 Å². The first-order valence-corrected chi connectivity index (χ1v) is 6.99. The molecule has 1 atom stereocenters. The average Bonchev–Trinajstić information content (AvgIpc) is 3.09. The van der Waals surface area contributed by atoms with E-state index in [9.17, 15) is 4.79 Å². The normalized spacial score (nSPS) is 25.6. The van der Waals surface area contributed by atoms with Crippen molar-refractivity contribution in [2.45, 2.75) is 44.6 Å². The third-order valence-corrected chi connectivity index (χ3v) is 4.24. The fraction of sp³-hybridized carbons (Fsp3) is 0.769. The van der Waals surface area contributed by atoms with Crippen LogP contribution in [0, 0.1) is 5.92 Å². The molecule has 2 aliphatic rings. The highest BCUT2D eigenvalue weighted by Gasteiger charge is 2.32. The Labute approximate surface area is 107 Å². The summed E-state index contributed by atoms with van der Waals surface area (Å²) in [5.74, 6) is 0.658. The molecule has 1 aliphatic carbocycles. The van der Waals surface area contributed by atoms with Gasteiger partial charge in [-0.2, -0.15) is 0 Å². The number of hydrogen-bond donors (Lipinski definition) is 0. The van der Waals surface area contributed by atoms with Gasteiger partial charge in [0.25, 0.3) is 0 Å². The summed E-state index contributed by atoms with van der Waals surface area (Å²) in [5.41, 5.74) is 0. The fourth-order valence-electron chi connectivity index (χ4n) is 3.18. The van der Waals surface area contributed by atoms with Gasteiger partial charge in [-0.15, -0.1) is 5.10 Å². The predicted molar refractivity (Wildman–Crippen MR) is 66.8 cm³/mol. The molecule has 98 valence electrons. The van der Waals surface area contributed by atoms with Crippen LogP contribution < -0.4 is 0 Å². The molecule has 2 heterocycles. The van der Waals surface area contributed by atoms with Crippen molar-refractivity contribution >= 4 is 5.91 Å². The van der Waals surface area contributed by atoms with Crippen molar-refractivity contribution < 1.29 is 4.79 Å². The highest BCUT2D eigenvalue weighted by atomic mass is 16.2. The molecule has 0 N–H and O–H groups in total. The second-order valence-corrected chi connectivity index (χ2v) is 5.44. The van der Waals surface area contributed by atoms with Crippen LogP contribution in [-0.2, 0) is 4.79 Å². The fourth-order valence-corrected chi connectivity index (χ4v) is 3.18. The van der Waals surface area contributed by atoms with Gasteiger partial charge in [-0.1, -0.05) is 24.5 Å². The van der Waals surface area contributed by atoms with Gasteiger partial charge in [0, 0.05) is 25.2 Å². The zero-order chi connectivity index (χ0) is 12.4. The number of nitrogens with zero attached hydrogens (tertiary/aromatic N) is 4. The summed E-state index contributed by atoms with van der Waals surface area (Å²) in [7, 11) is 0. The summed E-state index contributed by atoms with van der Waals surface area (Å²) in [6, 6.07) is 0.319. The lowest BCUT2D eigenvalue weighted by Gasteiger charge is -2.26. The Bertz CT molecular complexity index is 397. The maximum absolute atomic E-state index is 12.4. The van der Waals surface area contributed by atoms with Crippen LogP contribution in [0.2, 0.25) is 0 Å². The van der Waals surface area contributed by atoms with Crippen molar-refractivity contribution in [2.75, 3.05) is 13.1 Å². The molecule has 1 aromatic heterocycles. The van der Waals surface area contributed by atoms with Crippen molar-refractivity contribution in [3.63, 3.8) is 0 Å². The van der Waals surface area contributed by atoms with E-state index in [1.54, 1.807) is 6.20 Å². The molecule has 3 rings (SSSR count). The van der Waals surface area contributed by atoms with Crippen molar-refractivity contribution in [3.8, 4) is 0 Å². The van der Waals surface area contributed by atoms with E-state index < -0.39 is 0 Å². The van der Waals surface area contributed by atoms with Gasteiger partial charge >= 0.3 is 0 Å². The van der Waals surface area contributed by atoms with E-state index >= 15 is 0 Å². The molecule has 1 aromatic rings. The Balaban J connectivity index is 1.59. The first-order chi connectivity index (χ1) is 8.84. The van der Waals surface area contributed by atoms with E-state index in [-0.39, 0.29) is 5.92 Å². The molecular formula is C13H20N4O. The molecule has 0 radical (unpaired) electrons. The molecule has 5 nitrogen and oxygen atoms in total. The Hall–Kier alpha value is -1.39. The summed E-state index contributed by atoms with van der Waals surface area (Å²) in [5, 5.41) is 7.87. The van der Waals surface area contributed by atoms with Crippen LogP contribution in [0.25, 0.3) is 0 Å². The van der Waals surface area contributed by atoms with Gasteiger partial charge in [0.2, 0.25) is 5.91 Å². The summed E-state index contributed by atoms with van der Waals surface area (Å²) in [4.78, 5) is 14.4. The second kappa shape index (κ2) is 5.08. The maximum Gasteiger partial charge on any atom is 0.225 e. The van der Waals surface area contributed by atoms with Crippen LogP contribution in [-0.4, -0.2) is 38.9 Å². The summed E-state index contributed by atoms with van der Waals surface area (Å²) in [6.45, 7) is 1.68. The Kier molecular flexibility index (Phi) is 3.30. The van der Waals surface area contributed by atoms with Gasteiger partial charge in [-0.3, -0.25) is 4.79 Å². The minimum absolute atomic E-state index is 0.285. The van der Waals surface area contributed by atoms with E-state index in [0.717, 1.165) is 32.4 Å². The number of likely N-dealkylation sites (tertiary alicyclic amines) is 1. The molecule has 1 aliphatic heterocycles. The number of hydrogen-bond acceptors (Lipinski definition) is 3. The van der Waals surface area contributed by atoms with Crippen LogP contribution in [0.1, 0.15) is 44.6 Å². The minimum atomic E-state index is 0.285. The SMILES string of the molecule is O=C(C1CCCCC1)N1CCC(n2ccnn2)C1. The van der Waals surface area contributed by atoms with Crippen molar-refractivity contribution in [2.24, 2.45) is 5.92 Å². The summed E-state index contributed by atoms with van der Waals surface area (Å²) in [6.07, 6.45) is 10.5. The Morgan fingerprint density at radius 2 is 2.00 bits per heavy atom. The number of carbonyl (C=O) groups excluding carboxylic acids is 1. The van der Waals surface area contributed by atoms with Crippen LogP contribution in [0.4, 0.5) is 0 Å². The Morgan fingerprint density at radius 1 is 1.17 bits per heavy atom. The van der Waals surface area contributed by atoms with Gasteiger partial charge in [0.15, 0.2) is 0 Å². The number of aromatic nitrogens is 3. The third kappa shape index (κ3) is 2.26. The van der Waals surface area contributed by atoms with E-state index in [4.69, 9.17) is 0 Å². The summed E-state index contributed by atoms with van der Waals surface area (Å²) < 4.78 is 1.88.